The number of carbonyl (C=O) groups is 1. The summed E-state index contributed by atoms with van der Waals surface area (Å²) in [6.45, 7) is 2.00. The van der Waals surface area contributed by atoms with Crippen molar-refractivity contribution in [1.82, 2.24) is 4.98 Å². The molecule has 0 bridgehead atoms. The fourth-order valence-corrected chi connectivity index (χ4v) is 2.08. The highest BCUT2D eigenvalue weighted by Crippen LogP contribution is 2.25. The Labute approximate surface area is 116 Å². The third-order valence-corrected chi connectivity index (χ3v) is 3.13. The molecule has 1 aromatic heterocycles. The van der Waals surface area contributed by atoms with E-state index < -0.39 is 0 Å². The van der Waals surface area contributed by atoms with E-state index in [1.807, 2.05) is 37.3 Å². The van der Waals surface area contributed by atoms with Crippen molar-refractivity contribution < 1.29 is 4.79 Å². The van der Waals surface area contributed by atoms with Gasteiger partial charge in [0.2, 0.25) is 0 Å². The lowest BCUT2D eigenvalue weighted by molar-refractivity contribution is -0.110. The van der Waals surface area contributed by atoms with Gasteiger partial charge in [-0.05, 0) is 19.1 Å². The summed E-state index contributed by atoms with van der Waals surface area (Å²) in [5, 5.41) is 8.83. The van der Waals surface area contributed by atoms with Gasteiger partial charge in [0.15, 0.2) is 11.5 Å². The van der Waals surface area contributed by atoms with Crippen LogP contribution in [0.15, 0.2) is 47.7 Å². The number of benzene rings is 1. The quantitative estimate of drug-likeness (QED) is 0.860. The van der Waals surface area contributed by atoms with Crippen LogP contribution in [0.1, 0.15) is 11.1 Å². The Kier molecular flexibility index (Phi) is 2.95. The van der Waals surface area contributed by atoms with Crippen LogP contribution in [0.5, 0.6) is 0 Å². The van der Waals surface area contributed by atoms with E-state index in [0.717, 1.165) is 11.1 Å². The molecule has 0 saturated carbocycles. The zero-order valence-corrected chi connectivity index (χ0v) is 11.3. The fraction of sp³-hybridized carbons (Fsp3) is 0.133. The van der Waals surface area contributed by atoms with Gasteiger partial charge in [-0.2, -0.15) is 5.10 Å². The molecule has 1 aliphatic heterocycles. The van der Waals surface area contributed by atoms with Gasteiger partial charge >= 0.3 is 0 Å². The van der Waals surface area contributed by atoms with Crippen molar-refractivity contribution in [3.05, 3.63) is 53.7 Å². The highest BCUT2D eigenvalue weighted by Gasteiger charge is 2.22. The molecule has 0 saturated heterocycles. The first-order valence-electron chi connectivity index (χ1n) is 6.31. The van der Waals surface area contributed by atoms with Crippen molar-refractivity contribution in [2.45, 2.75) is 6.92 Å². The largest absolute Gasteiger partial charge is 0.317 e. The highest BCUT2D eigenvalue weighted by atomic mass is 16.2. The monoisotopic (exact) mass is 266 g/mol. The standard InChI is InChI=1S/C15H14N4O/c1-10-5-7-11(8-6-10)13-15(20)17-12-4-3-9-16-14(12)19(2)18-13/h3-9H,1-2H3,(H,17,20). The topological polar surface area (TPSA) is 57.6 Å². The summed E-state index contributed by atoms with van der Waals surface area (Å²) in [6.07, 6.45) is 1.67. The highest BCUT2D eigenvalue weighted by molar-refractivity contribution is 6.49. The lowest BCUT2D eigenvalue weighted by Crippen LogP contribution is -2.23. The number of carbonyl (C=O) groups excluding carboxylic acids is 1. The number of hydrogen-bond donors (Lipinski definition) is 1. The molecule has 1 aliphatic rings. The molecule has 1 amide bonds. The van der Waals surface area contributed by atoms with Gasteiger partial charge in [0.25, 0.3) is 5.91 Å². The van der Waals surface area contributed by atoms with E-state index in [9.17, 15) is 4.79 Å². The summed E-state index contributed by atoms with van der Waals surface area (Å²) in [5.74, 6) is 0.399. The second-order valence-electron chi connectivity index (χ2n) is 4.67. The molecule has 20 heavy (non-hydrogen) atoms. The van der Waals surface area contributed by atoms with Crippen molar-refractivity contribution >= 4 is 23.1 Å². The van der Waals surface area contributed by atoms with E-state index in [4.69, 9.17) is 0 Å². The number of aryl methyl sites for hydroxylation is 1. The molecule has 2 heterocycles. The Morgan fingerprint density at radius 2 is 1.90 bits per heavy atom. The first kappa shape index (κ1) is 12.3. The summed E-state index contributed by atoms with van der Waals surface area (Å²) in [5.41, 5.74) is 2.96. The molecule has 3 rings (SSSR count). The predicted molar refractivity (Wildman–Crippen MR) is 79.0 cm³/mol. The molecule has 5 nitrogen and oxygen atoms in total. The molecule has 1 N–H and O–H groups in total. The number of pyridine rings is 1. The number of nitrogens with zero attached hydrogens (tertiary/aromatic N) is 3. The first-order valence-corrected chi connectivity index (χ1v) is 6.31. The SMILES string of the molecule is Cc1ccc(C2=NN(C)c3ncccc3NC2=O)cc1. The molecule has 0 aliphatic carbocycles. The summed E-state index contributed by atoms with van der Waals surface area (Å²) in [7, 11) is 1.78. The maximum absolute atomic E-state index is 12.3. The van der Waals surface area contributed by atoms with Gasteiger partial charge in [-0.25, -0.2) is 9.99 Å². The van der Waals surface area contributed by atoms with E-state index in [0.29, 0.717) is 17.2 Å². The molecule has 0 atom stereocenters. The minimum atomic E-state index is -0.229. The molecule has 0 unspecified atom stereocenters. The van der Waals surface area contributed by atoms with Gasteiger partial charge in [-0.3, -0.25) is 4.79 Å². The van der Waals surface area contributed by atoms with Crippen molar-refractivity contribution in [3.63, 3.8) is 0 Å². The second-order valence-corrected chi connectivity index (χ2v) is 4.67. The summed E-state index contributed by atoms with van der Waals surface area (Å²) >= 11 is 0. The third kappa shape index (κ3) is 2.14. The second kappa shape index (κ2) is 4.77. The number of aromatic nitrogens is 1. The van der Waals surface area contributed by atoms with E-state index in [1.165, 1.54) is 0 Å². The smallest absolute Gasteiger partial charge is 0.276 e. The number of anilines is 2. The minimum Gasteiger partial charge on any atom is -0.317 e. The van der Waals surface area contributed by atoms with Crippen LogP contribution in [0, 0.1) is 6.92 Å². The Bertz CT molecular complexity index is 691. The Hall–Kier alpha value is -2.69. The normalized spacial score (nSPS) is 14.2. The van der Waals surface area contributed by atoms with Crippen LogP contribution in [-0.2, 0) is 4.79 Å². The van der Waals surface area contributed by atoms with Gasteiger partial charge in [0.05, 0.1) is 5.69 Å². The zero-order chi connectivity index (χ0) is 14.1. The molecule has 0 spiro atoms. The van der Waals surface area contributed by atoms with E-state index in [1.54, 1.807) is 24.3 Å². The Balaban J connectivity index is 2.06. The van der Waals surface area contributed by atoms with Crippen LogP contribution in [-0.4, -0.2) is 23.7 Å². The molecular weight excluding hydrogens is 252 g/mol. The maximum atomic E-state index is 12.3. The molecule has 1 aromatic carbocycles. The number of rotatable bonds is 1. The van der Waals surface area contributed by atoms with Gasteiger partial charge in [0, 0.05) is 18.8 Å². The lowest BCUT2D eigenvalue weighted by atomic mass is 10.1. The van der Waals surface area contributed by atoms with Crippen LogP contribution in [0.25, 0.3) is 0 Å². The summed E-state index contributed by atoms with van der Waals surface area (Å²) in [6, 6.07) is 11.3. The van der Waals surface area contributed by atoms with Gasteiger partial charge in [-0.1, -0.05) is 29.8 Å². The molecule has 100 valence electrons. The third-order valence-electron chi connectivity index (χ3n) is 3.13. The van der Waals surface area contributed by atoms with Crippen LogP contribution in [0.3, 0.4) is 0 Å². The number of hydrogen-bond acceptors (Lipinski definition) is 4. The van der Waals surface area contributed by atoms with Crippen molar-refractivity contribution in [2.75, 3.05) is 17.4 Å². The van der Waals surface area contributed by atoms with Crippen LogP contribution in [0.2, 0.25) is 0 Å². The van der Waals surface area contributed by atoms with Crippen molar-refractivity contribution in [2.24, 2.45) is 5.10 Å². The van der Waals surface area contributed by atoms with Gasteiger partial charge in [-0.15, -0.1) is 0 Å². The molecular formula is C15H14N4O. The first-order chi connectivity index (χ1) is 9.65. The Morgan fingerprint density at radius 3 is 2.65 bits per heavy atom. The number of amides is 1. The summed E-state index contributed by atoms with van der Waals surface area (Å²) < 4.78 is 0. The molecule has 0 fully saturated rings. The number of hydrazone groups is 1. The maximum Gasteiger partial charge on any atom is 0.276 e. The number of fused-ring (bicyclic) bond motifs is 1. The average molecular weight is 266 g/mol. The van der Waals surface area contributed by atoms with Crippen molar-refractivity contribution in [3.8, 4) is 0 Å². The number of nitrogens with one attached hydrogen (secondary N) is 1. The van der Waals surface area contributed by atoms with Gasteiger partial charge in [0.1, 0.15) is 0 Å². The van der Waals surface area contributed by atoms with E-state index in [-0.39, 0.29) is 5.91 Å². The average Bonchev–Trinajstić information content (AvgIpc) is 2.57. The van der Waals surface area contributed by atoms with E-state index >= 15 is 0 Å². The minimum absolute atomic E-state index is 0.229. The fourth-order valence-electron chi connectivity index (χ4n) is 2.08. The Morgan fingerprint density at radius 1 is 1.15 bits per heavy atom. The summed E-state index contributed by atoms with van der Waals surface area (Å²) in [4.78, 5) is 16.6. The lowest BCUT2D eigenvalue weighted by Gasteiger charge is -2.12. The van der Waals surface area contributed by atoms with Gasteiger partial charge < -0.3 is 5.32 Å². The predicted octanol–water partition coefficient (Wildman–Crippen LogP) is 2.18. The zero-order valence-electron chi connectivity index (χ0n) is 11.3. The van der Waals surface area contributed by atoms with Crippen LogP contribution in [0.4, 0.5) is 11.5 Å². The van der Waals surface area contributed by atoms with Crippen molar-refractivity contribution in [1.29, 1.82) is 0 Å². The van der Waals surface area contributed by atoms with Crippen LogP contribution < -0.4 is 10.3 Å². The molecule has 0 radical (unpaired) electrons. The molecule has 2 aromatic rings. The van der Waals surface area contributed by atoms with Crippen LogP contribution >= 0.6 is 0 Å². The molecule has 5 heteroatoms. The van der Waals surface area contributed by atoms with E-state index in [2.05, 4.69) is 15.4 Å².